The second-order valence-electron chi connectivity index (χ2n) is 10.3. The molecule has 1 aliphatic rings. The van der Waals surface area contributed by atoms with Crippen LogP contribution in [0.5, 0.6) is 0 Å². The summed E-state index contributed by atoms with van der Waals surface area (Å²) in [5.74, 6) is 0.445. The predicted molar refractivity (Wildman–Crippen MR) is 146 cm³/mol. The van der Waals surface area contributed by atoms with E-state index in [0.717, 1.165) is 36.9 Å². The van der Waals surface area contributed by atoms with E-state index in [2.05, 4.69) is 68.2 Å². The summed E-state index contributed by atoms with van der Waals surface area (Å²) in [4.78, 5) is 28.1. The van der Waals surface area contributed by atoms with Crippen LogP contribution >= 0.6 is 0 Å². The normalized spacial score (nSPS) is 13.0. The van der Waals surface area contributed by atoms with Crippen LogP contribution in [-0.4, -0.2) is 16.6 Å². The van der Waals surface area contributed by atoms with Crippen LogP contribution in [-0.2, 0) is 35.1 Å². The van der Waals surface area contributed by atoms with Crippen LogP contribution in [0.1, 0.15) is 90.3 Å². The van der Waals surface area contributed by atoms with E-state index >= 15 is 0 Å². The van der Waals surface area contributed by atoms with E-state index in [1.807, 2.05) is 33.9 Å². The molecular weight excluding hydrogens is 623 g/mol. The summed E-state index contributed by atoms with van der Waals surface area (Å²) < 4.78 is 0. The molecule has 36 heavy (non-hydrogen) atoms. The minimum absolute atomic E-state index is 0. The Morgan fingerprint density at radius 2 is 1.44 bits per heavy atom. The monoisotopic (exact) mass is 663 g/mol. The molecule has 0 unspecified atom stereocenters. The van der Waals surface area contributed by atoms with Gasteiger partial charge in [0.25, 0.3) is 0 Å². The summed E-state index contributed by atoms with van der Waals surface area (Å²) in [6.45, 7) is 14.7. The second kappa shape index (κ2) is 12.9. The van der Waals surface area contributed by atoms with Crippen molar-refractivity contribution >= 4 is 22.3 Å². The van der Waals surface area contributed by atoms with Gasteiger partial charge in [0.2, 0.25) is 0 Å². The van der Waals surface area contributed by atoms with E-state index in [-0.39, 0.29) is 55.3 Å². The number of nitrogens with zero attached hydrogens (tertiary/aromatic N) is 1. The van der Waals surface area contributed by atoms with Crippen LogP contribution in [0.15, 0.2) is 42.6 Å². The topological polar surface area (TPSA) is 47.0 Å². The summed E-state index contributed by atoms with van der Waals surface area (Å²) >= 11 is 0. The second-order valence-corrected chi connectivity index (χ2v) is 10.3. The molecule has 0 N–H and O–H groups in total. The Hall–Kier alpha value is -2.16. The van der Waals surface area contributed by atoms with Crippen LogP contribution in [0.2, 0.25) is 0 Å². The Kier molecular flexibility index (Phi) is 10.8. The molecule has 1 radical (unpaired) electrons. The maximum Gasteiger partial charge on any atom is 0.143 e. The third-order valence-electron chi connectivity index (χ3n) is 7.70. The van der Waals surface area contributed by atoms with Gasteiger partial charge in [-0.25, -0.2) is 0 Å². The molecular formula is C32H40IrNO2-. The van der Waals surface area contributed by atoms with Crippen molar-refractivity contribution in [1.82, 2.24) is 4.98 Å². The molecule has 0 amide bonds. The van der Waals surface area contributed by atoms with Crippen molar-refractivity contribution in [3.8, 4) is 11.3 Å². The van der Waals surface area contributed by atoms with Crippen LogP contribution < -0.4 is 0 Å². The SMILES string of the molecule is CCC(CC)C(=O)CC(=O)C(CC)CC.Cc1[c-]c2c(cc1)C(C)(C)c1cccc3ccnc-2c13.[Ir]. The maximum absolute atomic E-state index is 11.7. The van der Waals surface area contributed by atoms with E-state index in [4.69, 9.17) is 0 Å². The number of rotatable bonds is 8. The molecule has 0 fully saturated rings. The number of hydrogen-bond donors (Lipinski definition) is 0. The molecule has 0 atom stereocenters. The quantitative estimate of drug-likeness (QED) is 0.181. The number of aromatic nitrogens is 1. The van der Waals surface area contributed by atoms with Gasteiger partial charge >= 0.3 is 0 Å². The van der Waals surface area contributed by atoms with Crippen LogP contribution in [0.25, 0.3) is 22.0 Å². The number of pyridine rings is 1. The van der Waals surface area contributed by atoms with Gasteiger partial charge in [0, 0.05) is 38.1 Å². The van der Waals surface area contributed by atoms with Gasteiger partial charge in [0.05, 0.1) is 6.42 Å². The summed E-state index contributed by atoms with van der Waals surface area (Å²) in [5.41, 5.74) is 6.09. The first-order valence-corrected chi connectivity index (χ1v) is 13.2. The molecule has 0 saturated carbocycles. The third kappa shape index (κ3) is 6.03. The number of Topliss-reactive ketones (excluding diaryl/α,β-unsaturated/α-hetero) is 2. The molecule has 3 nitrogen and oxygen atoms in total. The molecule has 1 aliphatic carbocycles. The number of benzene rings is 2. The van der Waals surface area contributed by atoms with Gasteiger partial charge in [-0.1, -0.05) is 66.7 Å². The van der Waals surface area contributed by atoms with E-state index in [0.29, 0.717) is 0 Å². The molecule has 4 heteroatoms. The van der Waals surface area contributed by atoms with E-state index in [1.54, 1.807) is 0 Å². The molecule has 0 bridgehead atoms. The van der Waals surface area contributed by atoms with E-state index in [9.17, 15) is 9.59 Å². The van der Waals surface area contributed by atoms with Crippen molar-refractivity contribution in [1.29, 1.82) is 0 Å². The molecule has 195 valence electrons. The van der Waals surface area contributed by atoms with Crippen molar-refractivity contribution in [3.05, 3.63) is 65.4 Å². The Morgan fingerprint density at radius 3 is 2.00 bits per heavy atom. The smallest absolute Gasteiger partial charge is 0.143 e. The molecule has 3 aromatic rings. The fraction of sp³-hybridized carbons (Fsp3) is 0.469. The summed E-state index contributed by atoms with van der Waals surface area (Å²) in [6.07, 6.45) is 5.46. The molecule has 0 saturated heterocycles. The third-order valence-corrected chi connectivity index (χ3v) is 7.70. The number of carbonyl (C=O) groups excluding carboxylic acids is 2. The first-order valence-electron chi connectivity index (χ1n) is 13.2. The van der Waals surface area contributed by atoms with Crippen molar-refractivity contribution in [2.24, 2.45) is 11.8 Å². The van der Waals surface area contributed by atoms with Crippen LogP contribution in [0, 0.1) is 24.8 Å². The Morgan fingerprint density at radius 1 is 0.861 bits per heavy atom. The number of carbonyl (C=O) groups is 2. The standard InChI is InChI=1S/C19H16N.C13H24O2.Ir/c1-12-7-8-15-14(11-12)18-17-13(9-10-20-18)5-4-6-16(17)19(15,2)3;1-5-10(6-2)12(14)9-13(15)11(7-3)8-4;/h4-10H,1-3H3;10-11H,5-9H2,1-4H3;/q-1;;. The number of aryl methyl sites for hydroxylation is 1. The Labute approximate surface area is 230 Å². The van der Waals surface area contributed by atoms with Gasteiger partial charge in [0.15, 0.2) is 0 Å². The van der Waals surface area contributed by atoms with Crippen molar-refractivity contribution in [2.75, 3.05) is 0 Å². The van der Waals surface area contributed by atoms with Crippen LogP contribution in [0.3, 0.4) is 0 Å². The number of hydrogen-bond acceptors (Lipinski definition) is 3. The zero-order valence-electron chi connectivity index (χ0n) is 22.8. The fourth-order valence-electron chi connectivity index (χ4n) is 5.34. The van der Waals surface area contributed by atoms with Crippen LogP contribution in [0.4, 0.5) is 0 Å². The van der Waals surface area contributed by atoms with Gasteiger partial charge in [-0.3, -0.25) is 9.59 Å². The Bertz CT molecular complexity index is 1180. The number of fused-ring (bicyclic) bond motifs is 2. The molecule has 0 spiro atoms. The first kappa shape index (κ1) is 30.1. The minimum atomic E-state index is -0.00488. The van der Waals surface area contributed by atoms with Gasteiger partial charge in [0.1, 0.15) is 11.6 Å². The largest absolute Gasteiger partial charge is 0.304 e. The van der Waals surface area contributed by atoms with Crippen molar-refractivity contribution in [3.63, 3.8) is 0 Å². The Balaban J connectivity index is 0.000000260. The average Bonchev–Trinajstić information content (AvgIpc) is 2.84. The van der Waals surface area contributed by atoms with E-state index in [1.165, 1.54) is 27.5 Å². The van der Waals surface area contributed by atoms with Gasteiger partial charge in [-0.2, -0.15) is 0 Å². The van der Waals surface area contributed by atoms with Gasteiger partial charge in [-0.15, -0.1) is 34.9 Å². The summed E-state index contributed by atoms with van der Waals surface area (Å²) in [7, 11) is 0. The zero-order chi connectivity index (χ0) is 25.8. The molecule has 0 aliphatic heterocycles. The molecule has 1 heterocycles. The average molecular weight is 663 g/mol. The van der Waals surface area contributed by atoms with Gasteiger partial charge < -0.3 is 4.98 Å². The molecule has 4 rings (SSSR count). The van der Waals surface area contributed by atoms with E-state index < -0.39 is 0 Å². The minimum Gasteiger partial charge on any atom is -0.304 e. The van der Waals surface area contributed by atoms with Crippen molar-refractivity contribution in [2.45, 2.75) is 86.0 Å². The fourth-order valence-corrected chi connectivity index (χ4v) is 5.34. The molecule has 2 aromatic carbocycles. The zero-order valence-corrected chi connectivity index (χ0v) is 25.2. The maximum atomic E-state index is 11.7. The predicted octanol–water partition coefficient (Wildman–Crippen LogP) is 8.03. The first-order chi connectivity index (χ1) is 16.7. The molecule has 1 aromatic heterocycles. The number of ketones is 2. The summed E-state index contributed by atoms with van der Waals surface area (Å²) in [5, 5.41) is 2.55. The van der Waals surface area contributed by atoms with Gasteiger partial charge in [-0.05, 0) is 59.2 Å². The summed E-state index contributed by atoms with van der Waals surface area (Å²) in [6, 6.07) is 16.5. The van der Waals surface area contributed by atoms with Crippen molar-refractivity contribution < 1.29 is 29.7 Å².